The van der Waals surface area contributed by atoms with Gasteiger partial charge in [0.15, 0.2) is 0 Å². The Morgan fingerprint density at radius 2 is 1.47 bits per heavy atom. The van der Waals surface area contributed by atoms with E-state index in [9.17, 15) is 19.5 Å². The van der Waals surface area contributed by atoms with Crippen molar-refractivity contribution in [3.63, 3.8) is 0 Å². The fourth-order valence-corrected chi connectivity index (χ4v) is 7.60. The molecular formula is C48H56N6O5. The van der Waals surface area contributed by atoms with E-state index in [1.807, 2.05) is 156 Å². The van der Waals surface area contributed by atoms with Crippen molar-refractivity contribution in [2.45, 2.75) is 91.3 Å². The number of aryl methyl sites for hydroxylation is 2. The molecule has 11 nitrogen and oxygen atoms in total. The number of aliphatic hydroxyl groups is 1. The Balaban J connectivity index is 1.21. The Labute approximate surface area is 347 Å². The molecule has 0 bridgehead atoms. The molecule has 5 aromatic rings. The monoisotopic (exact) mass is 796 g/mol. The molecule has 2 aromatic heterocycles. The predicted octanol–water partition coefficient (Wildman–Crippen LogP) is 7.43. The minimum absolute atomic E-state index is 0.0722. The highest BCUT2D eigenvalue weighted by Gasteiger charge is 2.44. The zero-order valence-electron chi connectivity index (χ0n) is 34.7. The first-order valence-electron chi connectivity index (χ1n) is 20.3. The Bertz CT molecular complexity index is 2140. The standard InChI is InChI=1S/C48H56N6O5/c1-33-19-24-41(49-30-33)38-22-20-36(21-23-38)28-42(52-46(57)59-32-37-16-10-7-11-17-37)43(55)29-40(27-35-14-8-6-9-15-35)51-45(56)44(48(3,4)5)54-26-25-53(47(54)58)31-39-18-12-13-34(2)50-39/h6-24,30,40,42-44,55H,25-29,31-32H2,1-5H3,(H,51,56)(H,52,57)/t40-,42-,43-,44+/m0/s1. The molecule has 0 unspecified atom stereocenters. The van der Waals surface area contributed by atoms with Crippen molar-refractivity contribution in [3.8, 4) is 11.3 Å². The van der Waals surface area contributed by atoms with Gasteiger partial charge in [-0.25, -0.2) is 9.59 Å². The molecule has 6 rings (SSSR count). The number of pyridine rings is 2. The lowest BCUT2D eigenvalue weighted by Gasteiger charge is -2.38. The molecule has 0 radical (unpaired) electrons. The maximum atomic E-state index is 14.5. The number of nitrogens with one attached hydrogen (secondary N) is 2. The smallest absolute Gasteiger partial charge is 0.407 e. The van der Waals surface area contributed by atoms with Crippen LogP contribution in [0, 0.1) is 19.3 Å². The van der Waals surface area contributed by atoms with E-state index in [2.05, 4.69) is 20.6 Å². The molecule has 3 heterocycles. The first-order valence-corrected chi connectivity index (χ1v) is 20.3. The van der Waals surface area contributed by atoms with Gasteiger partial charge in [-0.3, -0.25) is 14.8 Å². The van der Waals surface area contributed by atoms with Crippen molar-refractivity contribution in [1.29, 1.82) is 0 Å². The number of ether oxygens (including phenoxy) is 1. The van der Waals surface area contributed by atoms with E-state index in [0.29, 0.717) is 32.5 Å². The summed E-state index contributed by atoms with van der Waals surface area (Å²) in [7, 11) is 0. The molecule has 4 amide bonds. The molecule has 3 aromatic carbocycles. The van der Waals surface area contributed by atoms with Crippen LogP contribution in [-0.2, 0) is 35.5 Å². The number of hydrogen-bond donors (Lipinski definition) is 3. The number of urea groups is 1. The minimum Gasteiger partial charge on any atom is -0.445 e. The summed E-state index contributed by atoms with van der Waals surface area (Å²) in [5.74, 6) is -0.304. The molecular weight excluding hydrogens is 741 g/mol. The molecule has 1 aliphatic heterocycles. The van der Waals surface area contributed by atoms with Crippen molar-refractivity contribution < 1.29 is 24.2 Å². The summed E-state index contributed by atoms with van der Waals surface area (Å²) in [6.45, 7) is 11.1. The van der Waals surface area contributed by atoms with Crippen LogP contribution in [0.4, 0.5) is 9.59 Å². The molecule has 59 heavy (non-hydrogen) atoms. The van der Waals surface area contributed by atoms with Crippen LogP contribution < -0.4 is 10.6 Å². The number of carbonyl (C=O) groups excluding carboxylic acids is 3. The summed E-state index contributed by atoms with van der Waals surface area (Å²) in [6.07, 6.45) is 0.915. The molecule has 3 N–H and O–H groups in total. The van der Waals surface area contributed by atoms with E-state index in [1.54, 1.807) is 9.80 Å². The van der Waals surface area contributed by atoms with E-state index in [0.717, 1.165) is 44.9 Å². The SMILES string of the molecule is Cc1ccc(-c2ccc(C[C@H](NC(=O)OCc3ccccc3)[C@@H](O)C[C@H](Cc3ccccc3)NC(=O)[C@@H](N3CCN(Cc4cccc(C)n4)C3=O)C(C)(C)C)cc2)nc1. The lowest BCUT2D eigenvalue weighted by atomic mass is 9.84. The summed E-state index contributed by atoms with van der Waals surface area (Å²) < 4.78 is 5.60. The van der Waals surface area contributed by atoms with Crippen LogP contribution in [0.15, 0.2) is 121 Å². The third-order valence-electron chi connectivity index (χ3n) is 10.6. The Morgan fingerprint density at radius 3 is 2.12 bits per heavy atom. The van der Waals surface area contributed by atoms with Gasteiger partial charge < -0.3 is 30.3 Å². The first kappa shape index (κ1) is 42.5. The number of aromatic nitrogens is 2. The Kier molecular flexibility index (Phi) is 14.1. The molecule has 0 aliphatic carbocycles. The van der Waals surface area contributed by atoms with Crippen molar-refractivity contribution in [2.24, 2.45) is 5.41 Å². The summed E-state index contributed by atoms with van der Waals surface area (Å²) in [6, 6.07) is 34.5. The Hall–Kier alpha value is -6.07. The topological polar surface area (TPSA) is 137 Å². The van der Waals surface area contributed by atoms with Gasteiger partial charge in [-0.05, 0) is 79.0 Å². The quantitative estimate of drug-likeness (QED) is 0.0945. The van der Waals surface area contributed by atoms with Crippen LogP contribution in [0.1, 0.15) is 60.8 Å². The highest BCUT2D eigenvalue weighted by atomic mass is 16.5. The third kappa shape index (κ3) is 12.0. The molecule has 0 saturated carbocycles. The zero-order valence-corrected chi connectivity index (χ0v) is 34.7. The van der Waals surface area contributed by atoms with Gasteiger partial charge >= 0.3 is 12.1 Å². The molecule has 1 fully saturated rings. The fraction of sp³-hybridized carbons (Fsp3) is 0.354. The van der Waals surface area contributed by atoms with Gasteiger partial charge in [-0.15, -0.1) is 0 Å². The third-order valence-corrected chi connectivity index (χ3v) is 10.6. The second-order valence-corrected chi connectivity index (χ2v) is 16.6. The lowest BCUT2D eigenvalue weighted by Crippen LogP contribution is -2.57. The fourth-order valence-electron chi connectivity index (χ4n) is 7.60. The molecule has 308 valence electrons. The first-order chi connectivity index (χ1) is 28.3. The van der Waals surface area contributed by atoms with Gasteiger partial charge in [0.2, 0.25) is 5.91 Å². The van der Waals surface area contributed by atoms with Gasteiger partial charge in [-0.1, -0.05) is 118 Å². The van der Waals surface area contributed by atoms with E-state index in [4.69, 9.17) is 4.74 Å². The normalized spacial score (nSPS) is 15.0. The number of carbonyl (C=O) groups is 3. The van der Waals surface area contributed by atoms with Gasteiger partial charge in [0.1, 0.15) is 12.6 Å². The number of benzene rings is 3. The van der Waals surface area contributed by atoms with Gasteiger partial charge in [-0.2, -0.15) is 0 Å². The van der Waals surface area contributed by atoms with Crippen molar-refractivity contribution in [1.82, 2.24) is 30.4 Å². The predicted molar refractivity (Wildman–Crippen MR) is 229 cm³/mol. The summed E-state index contributed by atoms with van der Waals surface area (Å²) >= 11 is 0. The van der Waals surface area contributed by atoms with Crippen LogP contribution in [0.3, 0.4) is 0 Å². The molecule has 4 atom stereocenters. The number of aliphatic hydroxyl groups excluding tert-OH is 1. The average molecular weight is 797 g/mol. The number of nitrogens with zero attached hydrogens (tertiary/aromatic N) is 4. The summed E-state index contributed by atoms with van der Waals surface area (Å²) in [4.78, 5) is 54.3. The number of alkyl carbamates (subject to hydrolysis) is 1. The average Bonchev–Trinajstić information content (AvgIpc) is 3.55. The molecule has 1 saturated heterocycles. The van der Waals surface area contributed by atoms with Gasteiger partial charge in [0.05, 0.1) is 30.1 Å². The Morgan fingerprint density at radius 1 is 0.797 bits per heavy atom. The highest BCUT2D eigenvalue weighted by molar-refractivity contribution is 5.89. The van der Waals surface area contributed by atoms with Crippen molar-refractivity contribution in [2.75, 3.05) is 13.1 Å². The summed E-state index contributed by atoms with van der Waals surface area (Å²) in [5, 5.41) is 18.2. The van der Waals surface area contributed by atoms with E-state index in [1.165, 1.54) is 0 Å². The van der Waals surface area contributed by atoms with Crippen LogP contribution >= 0.6 is 0 Å². The van der Waals surface area contributed by atoms with Gasteiger partial charge in [0, 0.05) is 36.6 Å². The van der Waals surface area contributed by atoms with Crippen LogP contribution in [0.5, 0.6) is 0 Å². The van der Waals surface area contributed by atoms with E-state index < -0.39 is 35.7 Å². The van der Waals surface area contributed by atoms with Crippen LogP contribution in [-0.4, -0.2) is 80.2 Å². The van der Waals surface area contributed by atoms with Gasteiger partial charge in [0.25, 0.3) is 0 Å². The highest BCUT2D eigenvalue weighted by Crippen LogP contribution is 2.29. The summed E-state index contributed by atoms with van der Waals surface area (Å²) in [5.41, 5.74) is 6.63. The lowest BCUT2D eigenvalue weighted by molar-refractivity contribution is -0.129. The second-order valence-electron chi connectivity index (χ2n) is 16.6. The molecule has 1 aliphatic rings. The minimum atomic E-state index is -1.09. The molecule has 0 spiro atoms. The van der Waals surface area contributed by atoms with Crippen molar-refractivity contribution in [3.05, 3.63) is 155 Å². The largest absolute Gasteiger partial charge is 0.445 e. The van der Waals surface area contributed by atoms with E-state index >= 15 is 0 Å². The van der Waals surface area contributed by atoms with E-state index in [-0.39, 0.29) is 25.0 Å². The van der Waals surface area contributed by atoms with Crippen molar-refractivity contribution >= 4 is 18.0 Å². The maximum absolute atomic E-state index is 14.5. The maximum Gasteiger partial charge on any atom is 0.407 e. The zero-order chi connectivity index (χ0) is 41.9. The number of amides is 4. The van der Waals surface area contributed by atoms with Crippen LogP contribution in [0.2, 0.25) is 0 Å². The molecule has 11 heteroatoms. The number of rotatable bonds is 16. The van der Waals surface area contributed by atoms with Crippen LogP contribution in [0.25, 0.3) is 11.3 Å². The second kappa shape index (κ2) is 19.6. The number of hydrogen-bond acceptors (Lipinski definition) is 7.